The van der Waals surface area contributed by atoms with E-state index >= 15 is 0 Å². The second-order valence-corrected chi connectivity index (χ2v) is 4.22. The van der Waals surface area contributed by atoms with Crippen LogP contribution in [0.1, 0.15) is 41.3 Å². The van der Waals surface area contributed by atoms with Crippen LogP contribution in [0, 0.1) is 13.8 Å². The third-order valence-corrected chi connectivity index (χ3v) is 2.78. The van der Waals surface area contributed by atoms with Gasteiger partial charge in [-0.1, -0.05) is 19.1 Å². The Hall–Kier alpha value is -1.15. The van der Waals surface area contributed by atoms with Crippen molar-refractivity contribution in [3.8, 4) is 0 Å². The monoisotopic (exact) mass is 219 g/mol. The fourth-order valence-electron chi connectivity index (χ4n) is 1.56. The first-order valence-corrected chi connectivity index (χ1v) is 5.96. The van der Waals surface area contributed by atoms with E-state index in [1.165, 1.54) is 11.1 Å². The lowest BCUT2D eigenvalue weighted by Gasteiger charge is -2.05. The molecule has 0 aromatic heterocycles. The zero-order chi connectivity index (χ0) is 12.0. The lowest BCUT2D eigenvalue weighted by Crippen LogP contribution is -2.19. The Kier molecular flexibility index (Phi) is 5.20. The van der Waals surface area contributed by atoms with Gasteiger partial charge >= 0.3 is 0 Å². The minimum absolute atomic E-state index is 0.228. The van der Waals surface area contributed by atoms with Crippen LogP contribution < -0.4 is 5.32 Å². The molecule has 1 N–H and O–H groups in total. The first kappa shape index (κ1) is 12.9. The number of hydrogen-bond donors (Lipinski definition) is 1. The van der Waals surface area contributed by atoms with Crippen molar-refractivity contribution in [3.63, 3.8) is 0 Å². The number of ketones is 1. The van der Waals surface area contributed by atoms with Crippen molar-refractivity contribution in [2.24, 2.45) is 0 Å². The maximum absolute atomic E-state index is 11.8. The quantitative estimate of drug-likeness (QED) is 0.589. The van der Waals surface area contributed by atoms with Gasteiger partial charge in [0, 0.05) is 18.5 Å². The summed E-state index contributed by atoms with van der Waals surface area (Å²) in [5.74, 6) is 0.228. The Labute approximate surface area is 98.1 Å². The molecule has 0 spiro atoms. The molecule has 0 saturated heterocycles. The molecule has 0 fully saturated rings. The van der Waals surface area contributed by atoms with E-state index in [9.17, 15) is 4.79 Å². The molecule has 0 bridgehead atoms. The van der Waals surface area contributed by atoms with Gasteiger partial charge in [-0.15, -0.1) is 0 Å². The van der Waals surface area contributed by atoms with Gasteiger partial charge in [-0.3, -0.25) is 4.79 Å². The fourth-order valence-corrected chi connectivity index (χ4v) is 1.56. The summed E-state index contributed by atoms with van der Waals surface area (Å²) < 4.78 is 0. The van der Waals surface area contributed by atoms with Crippen LogP contribution in [0.25, 0.3) is 0 Å². The second kappa shape index (κ2) is 6.44. The molecule has 2 nitrogen and oxygen atoms in total. The molecular weight excluding hydrogens is 198 g/mol. The van der Waals surface area contributed by atoms with E-state index < -0.39 is 0 Å². The number of aryl methyl sites for hydroxylation is 2. The molecule has 0 saturated carbocycles. The summed E-state index contributed by atoms with van der Waals surface area (Å²) in [6.07, 6.45) is 1.69. The van der Waals surface area contributed by atoms with Gasteiger partial charge in [0.15, 0.2) is 5.78 Å². The summed E-state index contributed by atoms with van der Waals surface area (Å²) in [7, 11) is 0. The number of hydrogen-bond acceptors (Lipinski definition) is 2. The van der Waals surface area contributed by atoms with E-state index in [1.54, 1.807) is 0 Å². The Morgan fingerprint density at radius 2 is 1.94 bits per heavy atom. The molecule has 0 atom stereocenters. The molecule has 0 aliphatic heterocycles. The standard InChI is InChI=1S/C14H21NO/c1-4-8-15-9-7-14(16)13-6-5-11(2)12(3)10-13/h5-6,10,15H,4,7-9H2,1-3H3. The molecule has 1 rings (SSSR count). The molecule has 0 amide bonds. The first-order chi connectivity index (χ1) is 7.65. The molecule has 2 heteroatoms. The normalized spacial score (nSPS) is 10.4. The van der Waals surface area contributed by atoms with Crippen LogP contribution in [-0.4, -0.2) is 18.9 Å². The average Bonchev–Trinajstić information content (AvgIpc) is 2.28. The van der Waals surface area contributed by atoms with Crippen molar-refractivity contribution < 1.29 is 4.79 Å². The van der Waals surface area contributed by atoms with Crippen molar-refractivity contribution in [1.29, 1.82) is 0 Å². The molecule has 0 heterocycles. The van der Waals surface area contributed by atoms with Crippen LogP contribution in [0.5, 0.6) is 0 Å². The number of rotatable bonds is 6. The molecule has 0 aliphatic rings. The molecular formula is C14H21NO. The SMILES string of the molecule is CCCNCCC(=O)c1ccc(C)c(C)c1. The number of nitrogens with one attached hydrogen (secondary N) is 1. The predicted octanol–water partition coefficient (Wildman–Crippen LogP) is 2.88. The predicted molar refractivity (Wildman–Crippen MR) is 68.0 cm³/mol. The number of Topliss-reactive ketones (excluding diaryl/α,β-unsaturated/α-hetero) is 1. The van der Waals surface area contributed by atoms with E-state index in [0.717, 1.165) is 25.1 Å². The third kappa shape index (κ3) is 3.78. The van der Waals surface area contributed by atoms with E-state index in [1.807, 2.05) is 25.1 Å². The molecule has 16 heavy (non-hydrogen) atoms. The number of carbonyl (C=O) groups is 1. The molecule has 1 aromatic carbocycles. The zero-order valence-corrected chi connectivity index (χ0v) is 10.5. The van der Waals surface area contributed by atoms with Gasteiger partial charge < -0.3 is 5.32 Å². The van der Waals surface area contributed by atoms with Gasteiger partial charge in [0.05, 0.1) is 0 Å². The second-order valence-electron chi connectivity index (χ2n) is 4.22. The largest absolute Gasteiger partial charge is 0.316 e. The van der Waals surface area contributed by atoms with E-state index in [-0.39, 0.29) is 5.78 Å². The number of carbonyl (C=O) groups excluding carboxylic acids is 1. The molecule has 88 valence electrons. The molecule has 0 unspecified atom stereocenters. The van der Waals surface area contributed by atoms with Gasteiger partial charge in [0.1, 0.15) is 0 Å². The summed E-state index contributed by atoms with van der Waals surface area (Å²) in [5.41, 5.74) is 3.26. The number of benzene rings is 1. The summed E-state index contributed by atoms with van der Waals surface area (Å²) in [6.45, 7) is 7.99. The summed E-state index contributed by atoms with van der Waals surface area (Å²) >= 11 is 0. The van der Waals surface area contributed by atoms with Crippen molar-refractivity contribution in [3.05, 3.63) is 34.9 Å². The van der Waals surface area contributed by atoms with Gasteiger partial charge in [-0.25, -0.2) is 0 Å². The Morgan fingerprint density at radius 1 is 1.19 bits per heavy atom. The third-order valence-electron chi connectivity index (χ3n) is 2.78. The van der Waals surface area contributed by atoms with Gasteiger partial charge in [-0.05, 0) is 44.0 Å². The molecule has 0 aliphatic carbocycles. The van der Waals surface area contributed by atoms with Crippen LogP contribution in [0.3, 0.4) is 0 Å². The Balaban J connectivity index is 2.50. The highest BCUT2D eigenvalue weighted by Crippen LogP contribution is 2.11. The fraction of sp³-hybridized carbons (Fsp3) is 0.500. The zero-order valence-electron chi connectivity index (χ0n) is 10.5. The van der Waals surface area contributed by atoms with Gasteiger partial charge in [0.2, 0.25) is 0 Å². The van der Waals surface area contributed by atoms with Crippen molar-refractivity contribution in [2.75, 3.05) is 13.1 Å². The van der Waals surface area contributed by atoms with Crippen molar-refractivity contribution in [2.45, 2.75) is 33.6 Å². The van der Waals surface area contributed by atoms with Crippen LogP contribution in [0.15, 0.2) is 18.2 Å². The van der Waals surface area contributed by atoms with E-state index in [2.05, 4.69) is 19.2 Å². The van der Waals surface area contributed by atoms with Crippen LogP contribution >= 0.6 is 0 Å². The highest BCUT2D eigenvalue weighted by atomic mass is 16.1. The highest BCUT2D eigenvalue weighted by molar-refractivity contribution is 5.96. The first-order valence-electron chi connectivity index (χ1n) is 5.96. The topological polar surface area (TPSA) is 29.1 Å². The lowest BCUT2D eigenvalue weighted by molar-refractivity contribution is 0.0982. The van der Waals surface area contributed by atoms with Crippen molar-refractivity contribution >= 4 is 5.78 Å². The van der Waals surface area contributed by atoms with E-state index in [4.69, 9.17) is 0 Å². The van der Waals surface area contributed by atoms with Crippen LogP contribution in [0.2, 0.25) is 0 Å². The lowest BCUT2D eigenvalue weighted by atomic mass is 10.0. The Morgan fingerprint density at radius 3 is 2.56 bits per heavy atom. The Bertz CT molecular complexity index is 358. The van der Waals surface area contributed by atoms with Crippen LogP contribution in [0.4, 0.5) is 0 Å². The molecule has 0 radical (unpaired) electrons. The average molecular weight is 219 g/mol. The minimum atomic E-state index is 0.228. The van der Waals surface area contributed by atoms with Gasteiger partial charge in [-0.2, -0.15) is 0 Å². The van der Waals surface area contributed by atoms with Crippen LogP contribution in [-0.2, 0) is 0 Å². The minimum Gasteiger partial charge on any atom is -0.316 e. The molecule has 1 aromatic rings. The van der Waals surface area contributed by atoms with Gasteiger partial charge in [0.25, 0.3) is 0 Å². The smallest absolute Gasteiger partial charge is 0.164 e. The maximum atomic E-state index is 11.8. The highest BCUT2D eigenvalue weighted by Gasteiger charge is 2.05. The maximum Gasteiger partial charge on any atom is 0.164 e. The van der Waals surface area contributed by atoms with Crippen molar-refractivity contribution in [1.82, 2.24) is 5.32 Å². The van der Waals surface area contributed by atoms with E-state index in [0.29, 0.717) is 6.42 Å². The summed E-state index contributed by atoms with van der Waals surface area (Å²) in [5, 5.41) is 3.24. The summed E-state index contributed by atoms with van der Waals surface area (Å²) in [4.78, 5) is 11.8. The summed E-state index contributed by atoms with van der Waals surface area (Å²) in [6, 6.07) is 5.92.